The molecule has 172 valence electrons. The Labute approximate surface area is 192 Å². The van der Waals surface area contributed by atoms with Gasteiger partial charge in [0.25, 0.3) is 5.91 Å². The largest absolute Gasteiger partial charge is 0.491 e. The van der Waals surface area contributed by atoms with E-state index < -0.39 is 0 Å². The topological polar surface area (TPSA) is 112 Å². The summed E-state index contributed by atoms with van der Waals surface area (Å²) in [5.41, 5.74) is 2.74. The zero-order valence-electron chi connectivity index (χ0n) is 18.6. The fourth-order valence-corrected chi connectivity index (χ4v) is 3.62. The molecule has 3 aromatic rings. The Kier molecular flexibility index (Phi) is 7.19. The van der Waals surface area contributed by atoms with E-state index >= 15 is 0 Å². The first kappa shape index (κ1) is 22.3. The first-order chi connectivity index (χ1) is 16.1. The van der Waals surface area contributed by atoms with Crippen LogP contribution in [0.5, 0.6) is 5.75 Å². The monoisotopic (exact) mass is 448 g/mol. The predicted molar refractivity (Wildman–Crippen MR) is 124 cm³/mol. The summed E-state index contributed by atoms with van der Waals surface area (Å²) in [6.07, 6.45) is 2.49. The summed E-state index contributed by atoms with van der Waals surface area (Å²) in [6.45, 7) is 3.20. The van der Waals surface area contributed by atoms with Gasteiger partial charge in [0, 0.05) is 12.2 Å². The summed E-state index contributed by atoms with van der Waals surface area (Å²) in [5.74, 6) is 0.772. The lowest BCUT2D eigenvalue weighted by molar-refractivity contribution is -0.122. The van der Waals surface area contributed by atoms with Gasteiger partial charge in [0.1, 0.15) is 17.3 Å². The van der Waals surface area contributed by atoms with Crippen molar-refractivity contribution < 1.29 is 14.3 Å². The number of aryl methyl sites for hydroxylation is 1. The van der Waals surface area contributed by atoms with Gasteiger partial charge in [-0.25, -0.2) is 4.98 Å². The zero-order valence-corrected chi connectivity index (χ0v) is 18.6. The number of anilines is 2. The average Bonchev–Trinajstić information content (AvgIpc) is 3.24. The number of hydrogen-bond donors (Lipinski definition) is 3. The molecular weight excluding hydrogens is 420 g/mol. The van der Waals surface area contributed by atoms with Crippen molar-refractivity contribution in [3.8, 4) is 5.75 Å². The molecule has 0 radical (unpaired) electrons. The molecule has 0 aliphatic carbocycles. The molecule has 0 unspecified atom stereocenters. The van der Waals surface area contributed by atoms with Crippen LogP contribution >= 0.6 is 0 Å². The number of rotatable bonds is 4. The standard InChI is InChI=1S/C24H28N6O3/c1-17-14-18(29-28-17)15-25-23(31)16-30-12-5-2-6-13-33-21-10-4-3-8-19(21)26-22-11-7-9-20(27-22)24(30)32/h3-4,7-11,14H,2,5-6,12-13,15-16H2,1H3,(H,25,31)(H,26,27)(H,28,29). The third kappa shape index (κ3) is 6.09. The molecule has 0 spiro atoms. The number of nitrogens with zero attached hydrogens (tertiary/aromatic N) is 3. The highest BCUT2D eigenvalue weighted by Crippen LogP contribution is 2.27. The molecule has 4 rings (SSSR count). The molecule has 0 saturated carbocycles. The van der Waals surface area contributed by atoms with Gasteiger partial charge in [0.15, 0.2) is 0 Å². The van der Waals surface area contributed by atoms with Crippen LogP contribution in [0.4, 0.5) is 11.5 Å². The van der Waals surface area contributed by atoms with Crippen molar-refractivity contribution in [1.29, 1.82) is 0 Å². The molecular formula is C24H28N6O3. The SMILES string of the molecule is Cc1cc(CNC(=O)CN2CCCCCOc3ccccc3Nc3cccc(n3)C2=O)n[nH]1. The van der Waals surface area contributed by atoms with E-state index in [2.05, 4.69) is 25.8 Å². The van der Waals surface area contributed by atoms with E-state index in [-0.39, 0.29) is 24.1 Å². The van der Waals surface area contributed by atoms with Gasteiger partial charge in [0.2, 0.25) is 5.91 Å². The van der Waals surface area contributed by atoms with Crippen LogP contribution in [0, 0.1) is 6.92 Å². The van der Waals surface area contributed by atoms with Gasteiger partial charge in [-0.05, 0) is 56.5 Å². The number of carbonyl (C=O) groups excluding carboxylic acids is 2. The molecule has 9 heteroatoms. The Morgan fingerprint density at radius 3 is 2.88 bits per heavy atom. The smallest absolute Gasteiger partial charge is 0.273 e. The fraction of sp³-hybridized carbons (Fsp3) is 0.333. The zero-order chi connectivity index (χ0) is 23.0. The average molecular weight is 449 g/mol. The van der Waals surface area contributed by atoms with Crippen molar-refractivity contribution in [1.82, 2.24) is 25.4 Å². The molecule has 0 fully saturated rings. The maximum Gasteiger partial charge on any atom is 0.273 e. The normalized spacial score (nSPS) is 14.5. The second-order valence-electron chi connectivity index (χ2n) is 7.98. The molecule has 2 bridgehead atoms. The van der Waals surface area contributed by atoms with Gasteiger partial charge in [0.05, 0.1) is 31.1 Å². The maximum atomic E-state index is 13.3. The van der Waals surface area contributed by atoms with Crippen LogP contribution in [0.3, 0.4) is 0 Å². The molecule has 2 amide bonds. The highest BCUT2D eigenvalue weighted by atomic mass is 16.5. The number of nitrogens with one attached hydrogen (secondary N) is 3. The number of aromatic nitrogens is 3. The third-order valence-electron chi connectivity index (χ3n) is 5.30. The molecule has 0 atom stereocenters. The number of hydrogen-bond acceptors (Lipinski definition) is 6. The summed E-state index contributed by atoms with van der Waals surface area (Å²) >= 11 is 0. The summed E-state index contributed by atoms with van der Waals surface area (Å²) < 4.78 is 5.95. The Bertz CT molecular complexity index is 1110. The Morgan fingerprint density at radius 2 is 2.03 bits per heavy atom. The van der Waals surface area contributed by atoms with Gasteiger partial charge in [-0.2, -0.15) is 5.10 Å². The molecule has 33 heavy (non-hydrogen) atoms. The van der Waals surface area contributed by atoms with Crippen molar-refractivity contribution in [2.75, 3.05) is 25.0 Å². The molecule has 1 aliphatic rings. The van der Waals surface area contributed by atoms with E-state index in [1.807, 2.05) is 37.3 Å². The van der Waals surface area contributed by atoms with Crippen LogP contribution in [-0.2, 0) is 11.3 Å². The van der Waals surface area contributed by atoms with Gasteiger partial charge in [-0.15, -0.1) is 0 Å². The summed E-state index contributed by atoms with van der Waals surface area (Å²) in [5, 5.41) is 13.0. The van der Waals surface area contributed by atoms with Crippen LogP contribution in [-0.4, -0.2) is 51.6 Å². The number of para-hydroxylation sites is 2. The van der Waals surface area contributed by atoms with Crippen molar-refractivity contribution in [3.63, 3.8) is 0 Å². The van der Waals surface area contributed by atoms with Crippen LogP contribution in [0.15, 0.2) is 48.5 Å². The molecule has 3 N–H and O–H groups in total. The first-order valence-electron chi connectivity index (χ1n) is 11.1. The minimum absolute atomic E-state index is 0.0408. The quantitative estimate of drug-likeness (QED) is 0.565. The molecule has 9 nitrogen and oxygen atoms in total. The number of aromatic amines is 1. The van der Waals surface area contributed by atoms with E-state index in [0.29, 0.717) is 25.5 Å². The van der Waals surface area contributed by atoms with E-state index in [1.54, 1.807) is 23.1 Å². The molecule has 2 aromatic heterocycles. The Morgan fingerprint density at radius 1 is 1.15 bits per heavy atom. The highest BCUT2D eigenvalue weighted by Gasteiger charge is 2.21. The van der Waals surface area contributed by atoms with Gasteiger partial charge < -0.3 is 20.3 Å². The Balaban J connectivity index is 1.49. The van der Waals surface area contributed by atoms with Crippen molar-refractivity contribution in [2.24, 2.45) is 0 Å². The second kappa shape index (κ2) is 10.6. The summed E-state index contributed by atoms with van der Waals surface area (Å²) in [4.78, 5) is 31.9. The van der Waals surface area contributed by atoms with E-state index in [9.17, 15) is 9.59 Å². The molecule has 3 heterocycles. The number of ether oxygens (including phenoxy) is 1. The van der Waals surface area contributed by atoms with Crippen LogP contribution in [0.2, 0.25) is 0 Å². The van der Waals surface area contributed by atoms with Crippen molar-refractivity contribution in [2.45, 2.75) is 32.7 Å². The second-order valence-corrected chi connectivity index (χ2v) is 7.98. The van der Waals surface area contributed by atoms with Gasteiger partial charge in [-0.1, -0.05) is 18.2 Å². The minimum Gasteiger partial charge on any atom is -0.491 e. The third-order valence-corrected chi connectivity index (χ3v) is 5.30. The first-order valence-corrected chi connectivity index (χ1v) is 11.1. The van der Waals surface area contributed by atoms with E-state index in [0.717, 1.165) is 42.1 Å². The minimum atomic E-state index is -0.272. The molecule has 1 aliphatic heterocycles. The summed E-state index contributed by atoms with van der Waals surface area (Å²) in [7, 11) is 0. The van der Waals surface area contributed by atoms with Crippen LogP contribution < -0.4 is 15.4 Å². The number of benzene rings is 1. The number of carbonyl (C=O) groups is 2. The molecule has 1 aromatic carbocycles. The van der Waals surface area contributed by atoms with Gasteiger partial charge in [-0.3, -0.25) is 14.7 Å². The maximum absolute atomic E-state index is 13.3. The van der Waals surface area contributed by atoms with Gasteiger partial charge >= 0.3 is 0 Å². The Hall–Kier alpha value is -3.88. The number of fused-ring (bicyclic) bond motifs is 3. The van der Waals surface area contributed by atoms with Crippen LogP contribution in [0.25, 0.3) is 0 Å². The predicted octanol–water partition coefficient (Wildman–Crippen LogP) is 3.18. The van der Waals surface area contributed by atoms with Crippen molar-refractivity contribution in [3.05, 3.63) is 65.6 Å². The lowest BCUT2D eigenvalue weighted by atomic mass is 10.2. The van der Waals surface area contributed by atoms with E-state index in [4.69, 9.17) is 4.74 Å². The van der Waals surface area contributed by atoms with Crippen LogP contribution in [0.1, 0.15) is 41.1 Å². The summed E-state index contributed by atoms with van der Waals surface area (Å²) in [6, 6.07) is 14.8. The molecule has 0 saturated heterocycles. The number of amides is 2. The number of pyridine rings is 1. The fourth-order valence-electron chi connectivity index (χ4n) is 3.62. The number of H-pyrrole nitrogens is 1. The highest BCUT2D eigenvalue weighted by molar-refractivity contribution is 5.95. The lowest BCUT2D eigenvalue weighted by Crippen LogP contribution is -2.41. The lowest BCUT2D eigenvalue weighted by Gasteiger charge is -2.22. The van der Waals surface area contributed by atoms with E-state index in [1.165, 1.54) is 0 Å². The van der Waals surface area contributed by atoms with Crippen molar-refractivity contribution >= 4 is 23.3 Å².